The van der Waals surface area contributed by atoms with Gasteiger partial charge in [0, 0.05) is 38.4 Å². The van der Waals surface area contributed by atoms with Gasteiger partial charge in [0.1, 0.15) is 0 Å². The average Bonchev–Trinajstić information content (AvgIpc) is 2.30. The minimum absolute atomic E-state index is 0.268. The molecular weight excluding hydrogens is 200 g/mol. The fourth-order valence-electron chi connectivity index (χ4n) is 2.20. The summed E-state index contributed by atoms with van der Waals surface area (Å²) in [6.07, 6.45) is 0. The maximum absolute atomic E-state index is 8.88. The molecule has 0 spiro atoms. The molecule has 1 heterocycles. The minimum atomic E-state index is 0.268. The molecule has 0 bridgehead atoms. The van der Waals surface area contributed by atoms with Crippen molar-refractivity contribution in [1.29, 1.82) is 0 Å². The van der Waals surface area contributed by atoms with Crippen LogP contribution in [0.25, 0.3) is 0 Å². The zero-order valence-electron chi connectivity index (χ0n) is 9.89. The van der Waals surface area contributed by atoms with Gasteiger partial charge in [0.25, 0.3) is 0 Å². The summed E-state index contributed by atoms with van der Waals surface area (Å²) in [5, 5.41) is 8.88. The Balaban J connectivity index is 1.94. The molecule has 1 fully saturated rings. The standard InChI is InChI=1S/C13H20N2O/c1-12-3-2-4-13(11-12)15-7-5-14(6-8-15)9-10-16/h2-4,11,16H,5-10H2,1H3. The quantitative estimate of drug-likeness (QED) is 0.826. The number of benzene rings is 1. The van der Waals surface area contributed by atoms with Gasteiger partial charge in [-0.3, -0.25) is 4.90 Å². The molecule has 1 N–H and O–H groups in total. The van der Waals surface area contributed by atoms with Crippen molar-refractivity contribution in [3.05, 3.63) is 29.8 Å². The first-order chi connectivity index (χ1) is 7.79. The molecule has 0 aromatic heterocycles. The molecule has 0 saturated carbocycles. The third kappa shape index (κ3) is 2.74. The van der Waals surface area contributed by atoms with Gasteiger partial charge in [-0.15, -0.1) is 0 Å². The van der Waals surface area contributed by atoms with Gasteiger partial charge in [0.15, 0.2) is 0 Å². The van der Waals surface area contributed by atoms with Crippen LogP contribution in [0.1, 0.15) is 5.56 Å². The van der Waals surface area contributed by atoms with Crippen molar-refractivity contribution in [3.63, 3.8) is 0 Å². The number of aliphatic hydroxyl groups is 1. The number of anilines is 1. The Morgan fingerprint density at radius 1 is 1.19 bits per heavy atom. The van der Waals surface area contributed by atoms with Crippen LogP contribution in [0.5, 0.6) is 0 Å². The Labute approximate surface area is 97.3 Å². The van der Waals surface area contributed by atoms with Crippen molar-refractivity contribution in [1.82, 2.24) is 4.90 Å². The van der Waals surface area contributed by atoms with E-state index < -0.39 is 0 Å². The lowest BCUT2D eigenvalue weighted by Gasteiger charge is -2.35. The molecule has 88 valence electrons. The van der Waals surface area contributed by atoms with Gasteiger partial charge in [-0.05, 0) is 24.6 Å². The van der Waals surface area contributed by atoms with Gasteiger partial charge < -0.3 is 10.0 Å². The highest BCUT2D eigenvalue weighted by Gasteiger charge is 2.16. The highest BCUT2D eigenvalue weighted by molar-refractivity contribution is 5.48. The molecule has 1 aliphatic heterocycles. The number of hydrogen-bond donors (Lipinski definition) is 1. The van der Waals surface area contributed by atoms with E-state index >= 15 is 0 Å². The van der Waals surface area contributed by atoms with Gasteiger partial charge in [0.2, 0.25) is 0 Å². The maximum Gasteiger partial charge on any atom is 0.0558 e. The predicted octanol–water partition coefficient (Wildman–Crippen LogP) is 1.11. The number of aryl methyl sites for hydroxylation is 1. The van der Waals surface area contributed by atoms with Gasteiger partial charge in [0.05, 0.1) is 6.61 Å². The van der Waals surface area contributed by atoms with Gasteiger partial charge in [-0.1, -0.05) is 12.1 Å². The fourth-order valence-corrected chi connectivity index (χ4v) is 2.20. The van der Waals surface area contributed by atoms with E-state index in [0.717, 1.165) is 32.7 Å². The molecule has 3 heteroatoms. The third-order valence-electron chi connectivity index (χ3n) is 3.16. The maximum atomic E-state index is 8.88. The van der Waals surface area contributed by atoms with Crippen molar-refractivity contribution in [2.75, 3.05) is 44.2 Å². The van der Waals surface area contributed by atoms with Crippen molar-refractivity contribution >= 4 is 5.69 Å². The monoisotopic (exact) mass is 220 g/mol. The van der Waals surface area contributed by atoms with Crippen LogP contribution in [0.15, 0.2) is 24.3 Å². The average molecular weight is 220 g/mol. The summed E-state index contributed by atoms with van der Waals surface area (Å²) >= 11 is 0. The van der Waals surface area contributed by atoms with Gasteiger partial charge in [-0.2, -0.15) is 0 Å². The number of piperazine rings is 1. The Bertz CT molecular complexity index is 332. The van der Waals surface area contributed by atoms with Gasteiger partial charge >= 0.3 is 0 Å². The Hall–Kier alpha value is -1.06. The molecule has 2 rings (SSSR count). The number of nitrogens with zero attached hydrogens (tertiary/aromatic N) is 2. The summed E-state index contributed by atoms with van der Waals surface area (Å²) in [7, 11) is 0. The molecule has 1 aromatic carbocycles. The first-order valence-electron chi connectivity index (χ1n) is 5.94. The summed E-state index contributed by atoms with van der Waals surface area (Å²) < 4.78 is 0. The lowest BCUT2D eigenvalue weighted by molar-refractivity contribution is 0.189. The van der Waals surface area contributed by atoms with E-state index in [9.17, 15) is 0 Å². The van der Waals surface area contributed by atoms with Crippen LogP contribution in [0.2, 0.25) is 0 Å². The van der Waals surface area contributed by atoms with E-state index in [-0.39, 0.29) is 6.61 Å². The van der Waals surface area contributed by atoms with Crippen LogP contribution in [0.4, 0.5) is 5.69 Å². The van der Waals surface area contributed by atoms with E-state index in [0.29, 0.717) is 0 Å². The lowest BCUT2D eigenvalue weighted by atomic mass is 10.2. The largest absolute Gasteiger partial charge is 0.395 e. The summed E-state index contributed by atoms with van der Waals surface area (Å²) in [4.78, 5) is 4.73. The second kappa shape index (κ2) is 5.32. The minimum Gasteiger partial charge on any atom is -0.395 e. The van der Waals surface area contributed by atoms with Crippen molar-refractivity contribution in [3.8, 4) is 0 Å². The van der Waals surface area contributed by atoms with Crippen LogP contribution in [0.3, 0.4) is 0 Å². The zero-order valence-corrected chi connectivity index (χ0v) is 9.89. The molecule has 0 atom stereocenters. The highest BCUT2D eigenvalue weighted by Crippen LogP contribution is 2.17. The Morgan fingerprint density at radius 2 is 1.94 bits per heavy atom. The smallest absolute Gasteiger partial charge is 0.0558 e. The van der Waals surface area contributed by atoms with Gasteiger partial charge in [-0.25, -0.2) is 0 Å². The normalized spacial score (nSPS) is 17.8. The number of rotatable bonds is 3. The second-order valence-corrected chi connectivity index (χ2v) is 4.39. The highest BCUT2D eigenvalue weighted by atomic mass is 16.3. The van der Waals surface area contributed by atoms with Crippen LogP contribution in [0, 0.1) is 6.92 Å². The van der Waals surface area contributed by atoms with Crippen LogP contribution >= 0.6 is 0 Å². The summed E-state index contributed by atoms with van der Waals surface area (Å²) in [6, 6.07) is 8.66. The summed E-state index contributed by atoms with van der Waals surface area (Å²) in [5.74, 6) is 0. The number of hydrogen-bond acceptors (Lipinski definition) is 3. The Morgan fingerprint density at radius 3 is 2.56 bits per heavy atom. The summed E-state index contributed by atoms with van der Waals surface area (Å²) in [6.45, 7) is 7.42. The molecule has 0 unspecified atom stereocenters. The number of β-amino-alcohol motifs (C(OH)–C–C–N with tert-alkyl or cyclic N) is 1. The molecular formula is C13H20N2O. The van der Waals surface area contributed by atoms with E-state index in [1.54, 1.807) is 0 Å². The first-order valence-corrected chi connectivity index (χ1v) is 5.94. The van der Waals surface area contributed by atoms with Crippen LogP contribution in [-0.2, 0) is 0 Å². The Kier molecular flexibility index (Phi) is 3.80. The topological polar surface area (TPSA) is 26.7 Å². The molecule has 1 aromatic rings. The zero-order chi connectivity index (χ0) is 11.4. The lowest BCUT2D eigenvalue weighted by Crippen LogP contribution is -2.47. The van der Waals surface area contributed by atoms with Crippen molar-refractivity contribution < 1.29 is 5.11 Å². The number of aliphatic hydroxyl groups excluding tert-OH is 1. The first kappa shape index (κ1) is 11.4. The van der Waals surface area contributed by atoms with Crippen molar-refractivity contribution in [2.24, 2.45) is 0 Å². The molecule has 0 amide bonds. The molecule has 3 nitrogen and oxygen atoms in total. The molecule has 1 saturated heterocycles. The van der Waals surface area contributed by atoms with E-state index in [4.69, 9.17) is 5.11 Å². The predicted molar refractivity (Wildman–Crippen MR) is 66.9 cm³/mol. The van der Waals surface area contributed by atoms with Crippen LogP contribution < -0.4 is 4.90 Å². The van der Waals surface area contributed by atoms with Crippen molar-refractivity contribution in [2.45, 2.75) is 6.92 Å². The van der Waals surface area contributed by atoms with E-state index in [1.807, 2.05) is 0 Å². The molecule has 16 heavy (non-hydrogen) atoms. The van der Waals surface area contributed by atoms with E-state index in [2.05, 4.69) is 41.0 Å². The van der Waals surface area contributed by atoms with E-state index in [1.165, 1.54) is 11.3 Å². The van der Waals surface area contributed by atoms with Crippen LogP contribution in [-0.4, -0.2) is 49.3 Å². The summed E-state index contributed by atoms with van der Waals surface area (Å²) in [5.41, 5.74) is 2.64. The molecule has 0 radical (unpaired) electrons. The third-order valence-corrected chi connectivity index (χ3v) is 3.16. The fraction of sp³-hybridized carbons (Fsp3) is 0.538. The molecule has 1 aliphatic rings. The SMILES string of the molecule is Cc1cccc(N2CCN(CCO)CC2)c1. The second-order valence-electron chi connectivity index (χ2n) is 4.39. The molecule has 0 aliphatic carbocycles.